The lowest BCUT2D eigenvalue weighted by atomic mass is 9.54. The molecule has 4 fully saturated rings. The number of carbonyl (C=O) groups excluding carboxylic acids is 1. The van der Waals surface area contributed by atoms with Gasteiger partial charge in [-0.2, -0.15) is 0 Å². The van der Waals surface area contributed by atoms with Crippen LogP contribution in [0.25, 0.3) is 0 Å². The highest BCUT2D eigenvalue weighted by molar-refractivity contribution is 5.81. The Morgan fingerprint density at radius 3 is 2.26 bits per heavy atom. The van der Waals surface area contributed by atoms with E-state index in [0.29, 0.717) is 24.3 Å². The van der Waals surface area contributed by atoms with Gasteiger partial charge >= 0.3 is 0 Å². The first-order valence-electron chi connectivity index (χ1n) is 9.25. The lowest BCUT2D eigenvalue weighted by Crippen LogP contribution is -2.57. The van der Waals surface area contributed by atoms with Crippen molar-refractivity contribution in [2.45, 2.75) is 57.6 Å². The fourth-order valence-electron chi connectivity index (χ4n) is 5.40. The Morgan fingerprint density at radius 1 is 1.09 bits per heavy atom. The van der Waals surface area contributed by atoms with Crippen LogP contribution in [-0.4, -0.2) is 18.1 Å². The van der Waals surface area contributed by atoms with E-state index in [-0.39, 0.29) is 12.0 Å². The van der Waals surface area contributed by atoms with Crippen LogP contribution >= 0.6 is 0 Å². The predicted molar refractivity (Wildman–Crippen MR) is 90.1 cm³/mol. The maximum absolute atomic E-state index is 12.7. The molecule has 0 aliphatic heterocycles. The second-order valence-electron chi connectivity index (χ2n) is 7.79. The first kappa shape index (κ1) is 15.0. The molecule has 1 atom stereocenters. The molecule has 4 aliphatic rings. The zero-order valence-electron chi connectivity index (χ0n) is 13.9. The SMILES string of the molecule is CCC(Oc1ccccc1)C(=O)NC1C2CC3CC(C2)CC1C3. The van der Waals surface area contributed by atoms with E-state index in [4.69, 9.17) is 4.74 Å². The van der Waals surface area contributed by atoms with E-state index in [1.165, 1.54) is 32.1 Å². The topological polar surface area (TPSA) is 38.3 Å². The fraction of sp³-hybridized carbons (Fsp3) is 0.650. The summed E-state index contributed by atoms with van der Waals surface area (Å²) in [6.07, 6.45) is 7.08. The molecule has 4 aliphatic carbocycles. The number of rotatable bonds is 5. The van der Waals surface area contributed by atoms with Gasteiger partial charge in [-0.3, -0.25) is 4.79 Å². The second kappa shape index (κ2) is 6.18. The summed E-state index contributed by atoms with van der Waals surface area (Å²) in [5, 5.41) is 3.37. The molecule has 1 aromatic carbocycles. The molecule has 0 aromatic heterocycles. The number of ether oxygens (including phenoxy) is 1. The van der Waals surface area contributed by atoms with Crippen molar-refractivity contribution in [2.24, 2.45) is 23.7 Å². The summed E-state index contributed by atoms with van der Waals surface area (Å²) < 4.78 is 5.91. The molecule has 0 spiro atoms. The third kappa shape index (κ3) is 2.98. The molecule has 1 unspecified atom stereocenters. The number of carbonyl (C=O) groups is 1. The van der Waals surface area contributed by atoms with Crippen LogP contribution in [0.5, 0.6) is 5.75 Å². The van der Waals surface area contributed by atoms with Crippen LogP contribution in [0, 0.1) is 23.7 Å². The van der Waals surface area contributed by atoms with Crippen molar-refractivity contribution < 1.29 is 9.53 Å². The Bertz CT molecular complexity index is 528. The number of para-hydroxylation sites is 1. The van der Waals surface area contributed by atoms with Crippen molar-refractivity contribution >= 4 is 5.91 Å². The van der Waals surface area contributed by atoms with Crippen molar-refractivity contribution in [3.05, 3.63) is 30.3 Å². The van der Waals surface area contributed by atoms with Gasteiger partial charge in [-0.15, -0.1) is 0 Å². The largest absolute Gasteiger partial charge is 0.481 e. The lowest BCUT2D eigenvalue weighted by molar-refractivity contribution is -0.132. The lowest BCUT2D eigenvalue weighted by Gasteiger charge is -2.54. The summed E-state index contributed by atoms with van der Waals surface area (Å²) in [6, 6.07) is 10.1. The molecule has 1 N–H and O–H groups in total. The fourth-order valence-corrected chi connectivity index (χ4v) is 5.40. The third-order valence-electron chi connectivity index (χ3n) is 6.22. The molecule has 1 amide bonds. The Morgan fingerprint density at radius 2 is 1.70 bits per heavy atom. The van der Waals surface area contributed by atoms with Gasteiger partial charge in [0.15, 0.2) is 6.10 Å². The predicted octanol–water partition coefficient (Wildman–Crippen LogP) is 3.78. The molecule has 23 heavy (non-hydrogen) atoms. The Hall–Kier alpha value is -1.51. The Kier molecular flexibility index (Phi) is 4.04. The first-order chi connectivity index (χ1) is 11.2. The average Bonchev–Trinajstić information content (AvgIpc) is 2.56. The van der Waals surface area contributed by atoms with Gasteiger partial charge in [0.05, 0.1) is 0 Å². The van der Waals surface area contributed by atoms with E-state index >= 15 is 0 Å². The normalized spacial score (nSPS) is 35.8. The number of benzene rings is 1. The smallest absolute Gasteiger partial charge is 0.261 e. The van der Waals surface area contributed by atoms with E-state index in [1.807, 2.05) is 37.3 Å². The molecule has 3 heteroatoms. The summed E-state index contributed by atoms with van der Waals surface area (Å²) in [4.78, 5) is 12.7. The van der Waals surface area contributed by atoms with Crippen molar-refractivity contribution in [1.29, 1.82) is 0 Å². The minimum Gasteiger partial charge on any atom is -0.481 e. The van der Waals surface area contributed by atoms with E-state index < -0.39 is 0 Å². The molecule has 5 rings (SSSR count). The molecule has 0 heterocycles. The summed E-state index contributed by atoms with van der Waals surface area (Å²) in [5.41, 5.74) is 0. The number of amides is 1. The minimum atomic E-state index is -0.380. The van der Waals surface area contributed by atoms with E-state index in [2.05, 4.69) is 5.32 Å². The highest BCUT2D eigenvalue weighted by atomic mass is 16.5. The standard InChI is InChI=1S/C20H27NO2/c1-2-18(23-17-6-4-3-5-7-17)20(22)21-19-15-9-13-8-14(11-15)12-16(19)10-13/h3-7,13-16,18-19H,2,8-12H2,1H3,(H,21,22). The summed E-state index contributed by atoms with van der Waals surface area (Å²) in [6.45, 7) is 2.02. The second-order valence-corrected chi connectivity index (χ2v) is 7.79. The van der Waals surface area contributed by atoms with Crippen LogP contribution in [0.1, 0.15) is 45.4 Å². The van der Waals surface area contributed by atoms with Crippen molar-refractivity contribution in [3.63, 3.8) is 0 Å². The monoisotopic (exact) mass is 313 g/mol. The van der Waals surface area contributed by atoms with Crippen LogP contribution in [0.4, 0.5) is 0 Å². The Balaban J connectivity index is 1.40. The van der Waals surface area contributed by atoms with Gasteiger partial charge in [0, 0.05) is 6.04 Å². The molecule has 4 bridgehead atoms. The van der Waals surface area contributed by atoms with Gasteiger partial charge in [-0.05, 0) is 74.3 Å². The molecule has 0 radical (unpaired) electrons. The molecular formula is C20H27NO2. The van der Waals surface area contributed by atoms with Gasteiger partial charge in [-0.25, -0.2) is 0 Å². The quantitative estimate of drug-likeness (QED) is 0.898. The van der Waals surface area contributed by atoms with Crippen molar-refractivity contribution in [3.8, 4) is 5.75 Å². The van der Waals surface area contributed by atoms with Crippen molar-refractivity contribution in [2.75, 3.05) is 0 Å². The summed E-state index contributed by atoms with van der Waals surface area (Å²) in [5.74, 6) is 4.16. The van der Waals surface area contributed by atoms with E-state index in [9.17, 15) is 4.79 Å². The highest BCUT2D eigenvalue weighted by Gasteiger charge is 2.48. The third-order valence-corrected chi connectivity index (χ3v) is 6.22. The number of hydrogen-bond acceptors (Lipinski definition) is 2. The molecule has 1 aromatic rings. The molecule has 124 valence electrons. The average molecular weight is 313 g/mol. The number of nitrogens with one attached hydrogen (secondary N) is 1. The van der Waals surface area contributed by atoms with Crippen LogP contribution in [0.3, 0.4) is 0 Å². The van der Waals surface area contributed by atoms with E-state index in [0.717, 1.165) is 17.6 Å². The molecule has 3 nitrogen and oxygen atoms in total. The maximum atomic E-state index is 12.7. The zero-order valence-corrected chi connectivity index (χ0v) is 13.9. The van der Waals surface area contributed by atoms with Gasteiger partial charge in [-0.1, -0.05) is 25.1 Å². The maximum Gasteiger partial charge on any atom is 0.261 e. The van der Waals surface area contributed by atoms with Gasteiger partial charge in [0.25, 0.3) is 5.91 Å². The molecule has 4 saturated carbocycles. The zero-order chi connectivity index (χ0) is 15.8. The minimum absolute atomic E-state index is 0.0776. The van der Waals surface area contributed by atoms with Gasteiger partial charge < -0.3 is 10.1 Å². The van der Waals surface area contributed by atoms with Crippen molar-refractivity contribution in [1.82, 2.24) is 5.32 Å². The van der Waals surface area contributed by atoms with Crippen LogP contribution < -0.4 is 10.1 Å². The highest BCUT2D eigenvalue weighted by Crippen LogP contribution is 2.53. The van der Waals surface area contributed by atoms with Gasteiger partial charge in [0.1, 0.15) is 5.75 Å². The Labute approximate surface area is 138 Å². The first-order valence-corrected chi connectivity index (χ1v) is 9.25. The van der Waals surface area contributed by atoms with E-state index in [1.54, 1.807) is 0 Å². The van der Waals surface area contributed by atoms with Crippen LogP contribution in [0.15, 0.2) is 30.3 Å². The van der Waals surface area contributed by atoms with Crippen LogP contribution in [0.2, 0.25) is 0 Å². The molecule has 0 saturated heterocycles. The van der Waals surface area contributed by atoms with Crippen LogP contribution in [-0.2, 0) is 4.79 Å². The van der Waals surface area contributed by atoms with Gasteiger partial charge in [0.2, 0.25) is 0 Å². The molecular weight excluding hydrogens is 286 g/mol. The number of hydrogen-bond donors (Lipinski definition) is 1. The summed E-state index contributed by atoms with van der Waals surface area (Å²) >= 11 is 0. The summed E-state index contributed by atoms with van der Waals surface area (Å²) in [7, 11) is 0.